The van der Waals surface area contributed by atoms with Gasteiger partial charge < -0.3 is 29.1 Å². The summed E-state index contributed by atoms with van der Waals surface area (Å²) in [5, 5.41) is 14.1. The summed E-state index contributed by atoms with van der Waals surface area (Å²) in [5.74, 6) is -1.25. The molecule has 0 radical (unpaired) electrons. The number of rotatable bonds is 14. The number of nitrogens with one attached hydrogen (secondary N) is 2. The molecule has 0 saturated heterocycles. The molecule has 3 heterocycles. The van der Waals surface area contributed by atoms with Crippen LogP contribution < -0.4 is 10.6 Å². The van der Waals surface area contributed by atoms with Crippen LogP contribution in [0.15, 0.2) is 28.0 Å². The Kier molecular flexibility index (Phi) is 11.3. The second-order valence-electron chi connectivity index (χ2n) is 8.51. The molecule has 40 heavy (non-hydrogen) atoms. The molecule has 0 aromatic carbocycles. The van der Waals surface area contributed by atoms with Gasteiger partial charge in [0.05, 0.1) is 36.8 Å². The normalized spacial score (nSPS) is 11.6. The average molecular weight is 592 g/mol. The molecule has 3 rings (SSSR count). The number of carbonyl (C=O) groups is 4. The summed E-state index contributed by atoms with van der Waals surface area (Å²) >= 11 is 2.16. The molecule has 3 aromatic rings. The van der Waals surface area contributed by atoms with E-state index in [1.165, 1.54) is 18.0 Å². The van der Waals surface area contributed by atoms with Gasteiger partial charge in [-0.05, 0) is 51.8 Å². The summed E-state index contributed by atoms with van der Waals surface area (Å²) in [5.41, 5.74) is 0.513. The topological polar surface area (TPSA) is 155 Å². The van der Waals surface area contributed by atoms with Crippen molar-refractivity contribution in [2.75, 3.05) is 18.5 Å². The van der Waals surface area contributed by atoms with Crippen molar-refractivity contribution in [2.45, 2.75) is 71.0 Å². The van der Waals surface area contributed by atoms with Gasteiger partial charge in [0.2, 0.25) is 5.91 Å². The molecular formula is C26H33N5O7S2. The van der Waals surface area contributed by atoms with Crippen LogP contribution in [0, 0.1) is 6.92 Å². The second-order valence-corrected chi connectivity index (χ2v) is 10.8. The standard InChI is InChI=1S/C26H33N5O7S2/c1-6-9-12-31-18(14-27-22(33)17-11-10-13-38-17)29-30-26(31)39-16(5)21(32)28-23-19(24(34)36-7-2)15(4)20(40-23)25(35)37-8-3/h10-11,13,16H,6-9,12,14H2,1-5H3,(H,27,33)(H,28,32)/t16-/m1/s1. The molecule has 0 bridgehead atoms. The molecule has 1 atom stereocenters. The number of unbranched alkanes of at least 4 members (excludes halogenated alkanes) is 1. The maximum atomic E-state index is 13.2. The van der Waals surface area contributed by atoms with Crippen molar-refractivity contribution in [2.24, 2.45) is 0 Å². The van der Waals surface area contributed by atoms with Crippen LogP contribution in [0.1, 0.15) is 82.5 Å². The number of anilines is 1. The monoisotopic (exact) mass is 591 g/mol. The Balaban J connectivity index is 1.77. The highest BCUT2D eigenvalue weighted by Gasteiger charge is 2.29. The number of aromatic nitrogens is 3. The minimum Gasteiger partial charge on any atom is -0.462 e. The van der Waals surface area contributed by atoms with Gasteiger partial charge in [-0.15, -0.1) is 21.5 Å². The number of furan rings is 1. The van der Waals surface area contributed by atoms with Crippen molar-refractivity contribution < 1.29 is 33.1 Å². The third kappa shape index (κ3) is 7.50. The molecule has 14 heteroatoms. The SMILES string of the molecule is CCCCn1c(CNC(=O)c2ccco2)nnc1S[C@H](C)C(=O)Nc1sc(C(=O)OCC)c(C)c1C(=O)OCC. The van der Waals surface area contributed by atoms with Crippen LogP contribution in [-0.2, 0) is 27.4 Å². The molecule has 0 aliphatic heterocycles. The summed E-state index contributed by atoms with van der Waals surface area (Å²) in [7, 11) is 0. The first kappa shape index (κ1) is 30.9. The van der Waals surface area contributed by atoms with Gasteiger partial charge in [-0.25, -0.2) is 9.59 Å². The molecule has 216 valence electrons. The molecule has 0 spiro atoms. The maximum absolute atomic E-state index is 13.2. The highest BCUT2D eigenvalue weighted by molar-refractivity contribution is 8.00. The first-order chi connectivity index (χ1) is 19.2. The smallest absolute Gasteiger partial charge is 0.348 e. The quantitative estimate of drug-likeness (QED) is 0.203. The first-order valence-corrected chi connectivity index (χ1v) is 14.6. The number of hydrogen-bond donors (Lipinski definition) is 2. The summed E-state index contributed by atoms with van der Waals surface area (Å²) in [6.45, 7) is 9.78. The van der Waals surface area contributed by atoms with E-state index in [0.717, 1.165) is 24.2 Å². The van der Waals surface area contributed by atoms with E-state index in [-0.39, 0.29) is 46.9 Å². The number of amides is 2. The number of ether oxygens (including phenoxy) is 2. The Morgan fingerprint density at radius 1 is 1.12 bits per heavy atom. The van der Waals surface area contributed by atoms with E-state index in [2.05, 4.69) is 27.8 Å². The zero-order valence-corrected chi connectivity index (χ0v) is 24.7. The Labute approximate surface area is 240 Å². The number of thiophene rings is 1. The van der Waals surface area contributed by atoms with Crippen LogP contribution in [-0.4, -0.2) is 57.0 Å². The van der Waals surface area contributed by atoms with Gasteiger partial charge in [0.15, 0.2) is 16.7 Å². The summed E-state index contributed by atoms with van der Waals surface area (Å²) < 4.78 is 17.3. The minimum atomic E-state index is -0.640. The average Bonchev–Trinajstić information content (AvgIpc) is 3.66. The predicted molar refractivity (Wildman–Crippen MR) is 150 cm³/mol. The highest BCUT2D eigenvalue weighted by Crippen LogP contribution is 2.35. The lowest BCUT2D eigenvalue weighted by atomic mass is 10.1. The summed E-state index contributed by atoms with van der Waals surface area (Å²) in [6.07, 6.45) is 3.19. The second kappa shape index (κ2) is 14.7. The zero-order valence-electron chi connectivity index (χ0n) is 23.1. The van der Waals surface area contributed by atoms with Crippen molar-refractivity contribution >= 4 is 51.9 Å². The zero-order chi connectivity index (χ0) is 29.2. The molecular weight excluding hydrogens is 558 g/mol. The maximum Gasteiger partial charge on any atom is 0.348 e. The van der Waals surface area contributed by atoms with E-state index in [1.54, 1.807) is 39.8 Å². The van der Waals surface area contributed by atoms with Crippen molar-refractivity contribution in [3.63, 3.8) is 0 Å². The third-order valence-electron chi connectivity index (χ3n) is 5.66. The van der Waals surface area contributed by atoms with Crippen LogP contribution in [0.25, 0.3) is 0 Å². The first-order valence-electron chi connectivity index (χ1n) is 12.9. The van der Waals surface area contributed by atoms with E-state index < -0.39 is 23.1 Å². The number of hydrogen-bond acceptors (Lipinski definition) is 11. The van der Waals surface area contributed by atoms with Gasteiger partial charge in [0, 0.05) is 6.54 Å². The number of thioether (sulfide) groups is 1. The fraction of sp³-hybridized carbons (Fsp3) is 0.462. The van der Waals surface area contributed by atoms with Crippen molar-refractivity contribution in [3.05, 3.63) is 46.0 Å². The molecule has 2 N–H and O–H groups in total. The lowest BCUT2D eigenvalue weighted by molar-refractivity contribution is -0.115. The highest BCUT2D eigenvalue weighted by atomic mass is 32.2. The largest absolute Gasteiger partial charge is 0.462 e. The molecule has 0 aliphatic carbocycles. The Hall–Kier alpha value is -3.65. The van der Waals surface area contributed by atoms with Gasteiger partial charge in [-0.1, -0.05) is 25.1 Å². The molecule has 0 unspecified atom stereocenters. The van der Waals surface area contributed by atoms with E-state index in [4.69, 9.17) is 13.9 Å². The van der Waals surface area contributed by atoms with Gasteiger partial charge in [0.1, 0.15) is 9.88 Å². The fourth-order valence-corrected chi connectivity index (χ4v) is 5.58. The van der Waals surface area contributed by atoms with E-state index >= 15 is 0 Å². The van der Waals surface area contributed by atoms with Crippen LogP contribution in [0.3, 0.4) is 0 Å². The number of carbonyl (C=O) groups excluding carboxylic acids is 4. The Bertz CT molecular complexity index is 1330. The lowest BCUT2D eigenvalue weighted by Crippen LogP contribution is -2.25. The Morgan fingerprint density at radius 2 is 1.85 bits per heavy atom. The molecule has 12 nitrogen and oxygen atoms in total. The number of esters is 2. The van der Waals surface area contributed by atoms with Gasteiger partial charge in [-0.3, -0.25) is 9.59 Å². The van der Waals surface area contributed by atoms with E-state index in [0.29, 0.717) is 23.1 Å². The lowest BCUT2D eigenvalue weighted by Gasteiger charge is -2.14. The van der Waals surface area contributed by atoms with Crippen LogP contribution in [0.5, 0.6) is 0 Å². The van der Waals surface area contributed by atoms with Crippen LogP contribution >= 0.6 is 23.1 Å². The molecule has 2 amide bonds. The summed E-state index contributed by atoms with van der Waals surface area (Å²) in [4.78, 5) is 50.8. The van der Waals surface area contributed by atoms with E-state index in [9.17, 15) is 19.2 Å². The minimum absolute atomic E-state index is 0.126. The van der Waals surface area contributed by atoms with Crippen molar-refractivity contribution in [1.29, 1.82) is 0 Å². The van der Waals surface area contributed by atoms with Crippen LogP contribution in [0.4, 0.5) is 5.00 Å². The molecule has 0 saturated carbocycles. The molecule has 3 aromatic heterocycles. The summed E-state index contributed by atoms with van der Waals surface area (Å²) in [6, 6.07) is 3.20. The fourth-order valence-electron chi connectivity index (χ4n) is 3.60. The van der Waals surface area contributed by atoms with Crippen LogP contribution in [0.2, 0.25) is 0 Å². The predicted octanol–water partition coefficient (Wildman–Crippen LogP) is 4.44. The van der Waals surface area contributed by atoms with Crippen molar-refractivity contribution in [1.82, 2.24) is 20.1 Å². The van der Waals surface area contributed by atoms with Gasteiger partial charge in [-0.2, -0.15) is 0 Å². The number of nitrogens with zero attached hydrogens (tertiary/aromatic N) is 3. The Morgan fingerprint density at radius 3 is 2.50 bits per heavy atom. The van der Waals surface area contributed by atoms with Gasteiger partial charge >= 0.3 is 11.9 Å². The van der Waals surface area contributed by atoms with Crippen molar-refractivity contribution in [3.8, 4) is 0 Å². The third-order valence-corrected chi connectivity index (χ3v) is 7.92. The van der Waals surface area contributed by atoms with E-state index in [1.807, 2.05) is 4.57 Å². The molecule has 0 fully saturated rings. The van der Waals surface area contributed by atoms with Gasteiger partial charge in [0.25, 0.3) is 5.91 Å². The molecule has 0 aliphatic rings.